The number of rotatable bonds is 8. The van der Waals surface area contributed by atoms with Crippen molar-refractivity contribution in [3.8, 4) is 5.75 Å². The molecule has 226 valence electrons. The minimum Gasteiger partial charge on any atom is -0.508 e. The largest absolute Gasteiger partial charge is 0.508 e. The average Bonchev–Trinajstić information content (AvgIpc) is 3.24. The Morgan fingerprint density at radius 2 is 1.81 bits per heavy atom. The quantitative estimate of drug-likeness (QED) is 0.245. The second kappa shape index (κ2) is 12.8. The van der Waals surface area contributed by atoms with Crippen LogP contribution in [0.5, 0.6) is 5.75 Å². The first kappa shape index (κ1) is 29.9. The number of imide groups is 1. The fraction of sp³-hybridized carbons (Fsp3) is 0.486. The van der Waals surface area contributed by atoms with E-state index in [0.29, 0.717) is 19.2 Å². The van der Waals surface area contributed by atoms with Gasteiger partial charge in [-0.25, -0.2) is 0 Å². The summed E-state index contributed by atoms with van der Waals surface area (Å²) in [5, 5.41) is 20.7. The van der Waals surface area contributed by atoms with Crippen LogP contribution in [0.3, 0.4) is 0 Å². The van der Waals surface area contributed by atoms with Crippen LogP contribution in [0.2, 0.25) is 6.32 Å². The van der Waals surface area contributed by atoms with Crippen LogP contribution >= 0.6 is 0 Å². The van der Waals surface area contributed by atoms with E-state index in [4.69, 9.17) is 4.65 Å². The Morgan fingerprint density at radius 3 is 2.53 bits per heavy atom. The van der Waals surface area contributed by atoms with E-state index in [1.807, 2.05) is 18.2 Å². The predicted octanol–water partition coefficient (Wildman–Crippen LogP) is 5.45. The van der Waals surface area contributed by atoms with Crippen LogP contribution in [-0.4, -0.2) is 64.1 Å². The van der Waals surface area contributed by atoms with Gasteiger partial charge < -0.3 is 14.8 Å². The van der Waals surface area contributed by atoms with Crippen molar-refractivity contribution >= 4 is 25.0 Å². The molecule has 0 bridgehead atoms. The molecular formula is C35H43BN2O5. The van der Waals surface area contributed by atoms with Gasteiger partial charge in [0.25, 0.3) is 0 Å². The minimum atomic E-state index is -0.955. The van der Waals surface area contributed by atoms with E-state index in [9.17, 15) is 19.7 Å². The van der Waals surface area contributed by atoms with Gasteiger partial charge in [-0.2, -0.15) is 0 Å². The van der Waals surface area contributed by atoms with E-state index < -0.39 is 13.0 Å². The van der Waals surface area contributed by atoms with Crippen molar-refractivity contribution < 1.29 is 24.4 Å². The average molecular weight is 583 g/mol. The molecule has 2 amide bonds. The topological polar surface area (TPSA) is 90.3 Å². The number of likely N-dealkylation sites (tertiary alicyclic amines) is 2. The Balaban J connectivity index is 1.14. The minimum absolute atomic E-state index is 0.0187. The van der Waals surface area contributed by atoms with Crippen LogP contribution in [-0.2, 0) is 20.8 Å². The monoisotopic (exact) mass is 582 g/mol. The molecule has 0 aromatic heterocycles. The zero-order valence-corrected chi connectivity index (χ0v) is 25.3. The smallest absolute Gasteiger partial charge is 0.455 e. The summed E-state index contributed by atoms with van der Waals surface area (Å²) in [6.45, 7) is 6.81. The van der Waals surface area contributed by atoms with Gasteiger partial charge in [0.1, 0.15) is 5.75 Å². The zero-order valence-electron chi connectivity index (χ0n) is 25.3. The number of phenols is 1. The molecule has 3 aliphatic heterocycles. The van der Waals surface area contributed by atoms with Gasteiger partial charge in [0, 0.05) is 25.7 Å². The van der Waals surface area contributed by atoms with Crippen molar-refractivity contribution in [1.29, 1.82) is 0 Å². The molecule has 43 heavy (non-hydrogen) atoms. The number of allylic oxidation sites excluding steroid dienone is 2. The van der Waals surface area contributed by atoms with Crippen LogP contribution in [0.1, 0.15) is 63.5 Å². The molecule has 7 nitrogen and oxygen atoms in total. The molecule has 4 atom stereocenters. The van der Waals surface area contributed by atoms with Crippen molar-refractivity contribution in [1.82, 2.24) is 9.80 Å². The molecule has 3 fully saturated rings. The normalized spacial score (nSPS) is 27.1. The predicted molar refractivity (Wildman–Crippen MR) is 168 cm³/mol. The first-order valence-corrected chi connectivity index (χ1v) is 16.0. The van der Waals surface area contributed by atoms with Crippen molar-refractivity contribution in [2.24, 2.45) is 17.8 Å². The van der Waals surface area contributed by atoms with Gasteiger partial charge in [-0.1, -0.05) is 66.6 Å². The van der Waals surface area contributed by atoms with Gasteiger partial charge in [0.2, 0.25) is 11.8 Å². The van der Waals surface area contributed by atoms with Crippen molar-refractivity contribution in [2.45, 2.75) is 77.4 Å². The van der Waals surface area contributed by atoms with E-state index in [2.05, 4.69) is 49.1 Å². The summed E-state index contributed by atoms with van der Waals surface area (Å²) in [7, 11) is -0.955. The fourth-order valence-electron chi connectivity index (χ4n) is 8.00. The number of hydrogen-bond donors (Lipinski definition) is 2. The summed E-state index contributed by atoms with van der Waals surface area (Å²) >= 11 is 0. The third-order valence-corrected chi connectivity index (χ3v) is 10.1. The van der Waals surface area contributed by atoms with Gasteiger partial charge in [-0.3, -0.25) is 19.4 Å². The summed E-state index contributed by atoms with van der Waals surface area (Å²) in [5.41, 5.74) is 5.73. The maximum absolute atomic E-state index is 14.1. The second-order valence-electron chi connectivity index (χ2n) is 12.8. The number of aromatic hydroxyl groups is 1. The van der Waals surface area contributed by atoms with E-state index >= 15 is 0 Å². The maximum atomic E-state index is 14.1. The first-order chi connectivity index (χ1) is 20.8. The maximum Gasteiger partial charge on any atom is 0.455 e. The van der Waals surface area contributed by atoms with Gasteiger partial charge in [0.15, 0.2) is 0 Å². The number of benzene rings is 2. The molecule has 1 aliphatic carbocycles. The lowest BCUT2D eigenvalue weighted by Gasteiger charge is -2.42. The highest BCUT2D eigenvalue weighted by Gasteiger charge is 2.58. The lowest BCUT2D eigenvalue weighted by molar-refractivity contribution is -0.144. The van der Waals surface area contributed by atoms with Crippen LogP contribution < -0.4 is 0 Å². The van der Waals surface area contributed by atoms with Crippen molar-refractivity contribution in [2.75, 3.05) is 13.1 Å². The Bertz CT molecular complexity index is 1400. The third kappa shape index (κ3) is 6.24. The van der Waals surface area contributed by atoms with Crippen LogP contribution in [0.15, 0.2) is 71.3 Å². The molecule has 0 unspecified atom stereocenters. The molecular weight excluding hydrogens is 539 g/mol. The number of carbonyl (C=O) groups is 2. The zero-order chi connectivity index (χ0) is 30.1. The number of phenolic OH excluding ortho intramolecular Hbond substituents is 1. The lowest BCUT2D eigenvalue weighted by Crippen LogP contribution is -2.48. The number of piperidine rings is 1. The molecule has 8 heteroatoms. The first-order valence-electron chi connectivity index (χ1n) is 16.0. The van der Waals surface area contributed by atoms with Crippen LogP contribution in [0.25, 0.3) is 6.08 Å². The Kier molecular flexibility index (Phi) is 8.89. The molecule has 4 aliphatic rings. The third-order valence-electron chi connectivity index (χ3n) is 10.1. The number of hydrogen-bond acceptors (Lipinski definition) is 6. The molecule has 0 saturated carbocycles. The van der Waals surface area contributed by atoms with Gasteiger partial charge in [-0.05, 0) is 86.5 Å². The lowest BCUT2D eigenvalue weighted by atomic mass is 9.58. The summed E-state index contributed by atoms with van der Waals surface area (Å²) < 4.78 is 6.12. The van der Waals surface area contributed by atoms with Crippen molar-refractivity contribution in [3.63, 3.8) is 0 Å². The van der Waals surface area contributed by atoms with Crippen molar-refractivity contribution in [3.05, 3.63) is 82.4 Å². The standard InChI is InChI=1S/C35H43BN2O5/c1-3-24(19-26-10-7-11-28(39)20-26)12-13-31-32-23(2)18-29-33(30(32)21-36(42)43-31)35(41)38(34(29)40)27-14-16-37(17-15-27)22-25-8-5-4-6-9-25/h4-11,19-20,27,29-31,33,39,42H,3,12-18,21-22H2,1-2H3/b24-19+/t29-,30+,31-,33-/m1/s1. The summed E-state index contributed by atoms with van der Waals surface area (Å²) in [4.78, 5) is 31.9. The Morgan fingerprint density at radius 1 is 1.05 bits per heavy atom. The number of amides is 2. The highest BCUT2D eigenvalue weighted by Crippen LogP contribution is 2.51. The highest BCUT2D eigenvalue weighted by atomic mass is 16.5. The molecule has 3 heterocycles. The van der Waals surface area contributed by atoms with E-state index in [0.717, 1.165) is 62.0 Å². The molecule has 6 rings (SSSR count). The Labute approximate surface area is 255 Å². The van der Waals surface area contributed by atoms with Gasteiger partial charge in [-0.15, -0.1) is 0 Å². The number of fused-ring (bicyclic) bond motifs is 3. The van der Waals surface area contributed by atoms with E-state index in [-0.39, 0.29) is 41.5 Å². The molecule has 2 aromatic carbocycles. The number of nitrogens with zero attached hydrogens (tertiary/aromatic N) is 2. The van der Waals surface area contributed by atoms with E-state index in [1.165, 1.54) is 11.1 Å². The molecule has 0 spiro atoms. The SMILES string of the molecule is CC/C(=C\c1cccc(O)c1)CC[C@H]1OB(O)C[C@H]2C1=C(C)C[C@H]1C(=O)N(C3CCN(Cc4ccccc4)CC3)C(=O)[C@H]12. The molecule has 2 aromatic rings. The van der Waals surface area contributed by atoms with Gasteiger partial charge in [0.05, 0.1) is 17.9 Å². The van der Waals surface area contributed by atoms with Crippen LogP contribution in [0.4, 0.5) is 0 Å². The van der Waals surface area contributed by atoms with Crippen LogP contribution in [0, 0.1) is 17.8 Å². The Hall–Kier alpha value is -3.20. The molecule has 0 radical (unpaired) electrons. The number of carbonyl (C=O) groups excluding carboxylic acids is 2. The molecule has 2 N–H and O–H groups in total. The summed E-state index contributed by atoms with van der Waals surface area (Å²) in [6, 6.07) is 17.6. The second-order valence-corrected chi connectivity index (χ2v) is 12.8. The fourth-order valence-corrected chi connectivity index (χ4v) is 8.00. The molecule has 3 saturated heterocycles. The highest BCUT2D eigenvalue weighted by molar-refractivity contribution is 6.43. The van der Waals surface area contributed by atoms with Gasteiger partial charge >= 0.3 is 7.12 Å². The summed E-state index contributed by atoms with van der Waals surface area (Å²) in [5.74, 6) is -0.750. The van der Waals surface area contributed by atoms with E-state index in [1.54, 1.807) is 17.0 Å². The summed E-state index contributed by atoms with van der Waals surface area (Å²) in [6.07, 6.45) is 6.70.